The van der Waals surface area contributed by atoms with Crippen LogP contribution in [-0.4, -0.2) is 17.5 Å². The zero-order valence-electron chi connectivity index (χ0n) is 15.3. The van der Waals surface area contributed by atoms with Crippen LogP contribution in [0.5, 0.6) is 0 Å². The van der Waals surface area contributed by atoms with Crippen LogP contribution in [0.1, 0.15) is 42.5 Å². The van der Waals surface area contributed by atoms with Gasteiger partial charge in [0.25, 0.3) is 0 Å². The monoisotopic (exact) mass is 351 g/mol. The summed E-state index contributed by atoms with van der Waals surface area (Å²) in [4.78, 5) is 25.2. The lowest BCUT2D eigenvalue weighted by Gasteiger charge is -2.19. The highest BCUT2D eigenvalue weighted by Crippen LogP contribution is 2.33. The van der Waals surface area contributed by atoms with E-state index in [0.717, 1.165) is 5.56 Å². The molecule has 0 radical (unpaired) electrons. The summed E-state index contributed by atoms with van der Waals surface area (Å²) in [5.41, 5.74) is 1.74. The summed E-state index contributed by atoms with van der Waals surface area (Å²) in [6, 6.07) is 14.4. The van der Waals surface area contributed by atoms with Gasteiger partial charge >= 0.3 is 6.09 Å². The molecule has 1 N–H and O–H groups in total. The van der Waals surface area contributed by atoms with E-state index in [0.29, 0.717) is 22.2 Å². The van der Waals surface area contributed by atoms with Gasteiger partial charge in [0, 0.05) is 10.9 Å². The van der Waals surface area contributed by atoms with Crippen molar-refractivity contribution in [3.63, 3.8) is 0 Å². The van der Waals surface area contributed by atoms with Crippen LogP contribution in [0.4, 0.5) is 10.5 Å². The van der Waals surface area contributed by atoms with E-state index in [1.54, 1.807) is 45.0 Å². The molecule has 134 valence electrons. The van der Waals surface area contributed by atoms with Crippen molar-refractivity contribution in [1.82, 2.24) is 0 Å². The summed E-state index contributed by atoms with van der Waals surface area (Å²) in [6.07, 6.45) is -0.637. The number of amides is 1. The number of hydrogen-bond acceptors (Lipinski definition) is 4. The average Bonchev–Trinajstić information content (AvgIpc) is 2.92. The summed E-state index contributed by atoms with van der Waals surface area (Å²) < 4.78 is 11.1. The van der Waals surface area contributed by atoms with Gasteiger partial charge in [0.1, 0.15) is 16.9 Å². The topological polar surface area (TPSA) is 68.5 Å². The molecule has 1 amide bonds. The van der Waals surface area contributed by atoms with Crippen molar-refractivity contribution >= 4 is 28.5 Å². The average molecular weight is 351 g/mol. The van der Waals surface area contributed by atoms with E-state index >= 15 is 0 Å². The normalized spacial score (nSPS) is 11.4. The fourth-order valence-corrected chi connectivity index (χ4v) is 2.57. The van der Waals surface area contributed by atoms with Gasteiger partial charge in [-0.2, -0.15) is 0 Å². The van der Waals surface area contributed by atoms with Gasteiger partial charge in [0.05, 0.1) is 0 Å². The lowest BCUT2D eigenvalue weighted by atomic mass is 10.1. The number of carbonyl (C=O) groups excluding carboxylic acids is 2. The number of rotatable bonds is 3. The van der Waals surface area contributed by atoms with Gasteiger partial charge in [-0.05, 0) is 39.8 Å². The molecule has 3 aromatic rings. The summed E-state index contributed by atoms with van der Waals surface area (Å²) >= 11 is 0. The lowest BCUT2D eigenvalue weighted by Crippen LogP contribution is -2.27. The lowest BCUT2D eigenvalue weighted by molar-refractivity contribution is 0.0636. The maximum atomic E-state index is 12.9. The van der Waals surface area contributed by atoms with E-state index in [4.69, 9.17) is 9.15 Å². The predicted molar refractivity (Wildman–Crippen MR) is 101 cm³/mol. The molecule has 1 heterocycles. The SMILES string of the molecule is Cc1ccc(C(=O)c2oc3ccccc3c2NC(=O)OC(C)(C)C)cc1. The second-order valence-electron chi connectivity index (χ2n) is 7.12. The van der Waals surface area contributed by atoms with E-state index in [2.05, 4.69) is 5.32 Å². The van der Waals surface area contributed by atoms with Gasteiger partial charge in [-0.25, -0.2) is 4.79 Å². The molecule has 0 unspecified atom stereocenters. The Morgan fingerprint density at radius 2 is 1.65 bits per heavy atom. The molecule has 0 bridgehead atoms. The minimum atomic E-state index is -0.648. The second-order valence-corrected chi connectivity index (χ2v) is 7.12. The molecule has 26 heavy (non-hydrogen) atoms. The number of fused-ring (bicyclic) bond motifs is 1. The maximum Gasteiger partial charge on any atom is 0.412 e. The molecule has 5 heteroatoms. The van der Waals surface area contributed by atoms with Crippen molar-refractivity contribution < 1.29 is 18.7 Å². The molecule has 3 rings (SSSR count). The van der Waals surface area contributed by atoms with Crippen molar-refractivity contribution in [1.29, 1.82) is 0 Å². The number of anilines is 1. The number of furan rings is 1. The summed E-state index contributed by atoms with van der Waals surface area (Å²) in [5, 5.41) is 3.32. The molecular formula is C21H21NO4. The molecule has 0 fully saturated rings. The number of nitrogens with one attached hydrogen (secondary N) is 1. The number of benzene rings is 2. The molecule has 1 aromatic heterocycles. The maximum absolute atomic E-state index is 12.9. The quantitative estimate of drug-likeness (QED) is 0.649. The Labute approximate surface area is 152 Å². The van der Waals surface area contributed by atoms with E-state index in [1.807, 2.05) is 31.2 Å². The van der Waals surface area contributed by atoms with Gasteiger partial charge in [-0.1, -0.05) is 42.0 Å². The number of carbonyl (C=O) groups is 2. The molecule has 0 aliphatic heterocycles. The first-order valence-corrected chi connectivity index (χ1v) is 8.37. The third kappa shape index (κ3) is 3.77. The Kier molecular flexibility index (Phi) is 4.55. The third-order valence-electron chi connectivity index (χ3n) is 3.74. The first-order chi connectivity index (χ1) is 12.2. The Hall–Kier alpha value is -3.08. The first kappa shape index (κ1) is 17.7. The largest absolute Gasteiger partial charge is 0.450 e. The molecule has 0 spiro atoms. The van der Waals surface area contributed by atoms with E-state index in [1.165, 1.54) is 0 Å². The molecule has 0 saturated heterocycles. The Morgan fingerprint density at radius 1 is 1.00 bits per heavy atom. The minimum Gasteiger partial charge on any atom is -0.450 e. The van der Waals surface area contributed by atoms with Crippen LogP contribution in [0.15, 0.2) is 52.9 Å². The first-order valence-electron chi connectivity index (χ1n) is 8.37. The second kappa shape index (κ2) is 6.67. The Balaban J connectivity index is 2.03. The number of ketones is 1. The zero-order chi connectivity index (χ0) is 18.9. The minimum absolute atomic E-state index is 0.0842. The molecule has 0 saturated carbocycles. The number of hydrogen-bond donors (Lipinski definition) is 1. The standard InChI is InChI=1S/C21H21NO4/c1-13-9-11-14(12-10-13)18(23)19-17(22-20(24)26-21(2,3)4)15-7-5-6-8-16(15)25-19/h5-12H,1-4H3,(H,22,24). The number of ether oxygens (including phenoxy) is 1. The highest BCUT2D eigenvalue weighted by atomic mass is 16.6. The molecule has 0 aliphatic rings. The van der Waals surface area contributed by atoms with Crippen molar-refractivity contribution in [2.75, 3.05) is 5.32 Å². The summed E-state index contributed by atoms with van der Waals surface area (Å²) in [5.74, 6) is -0.215. The van der Waals surface area contributed by atoms with Gasteiger partial charge in [-0.3, -0.25) is 10.1 Å². The fourth-order valence-electron chi connectivity index (χ4n) is 2.57. The zero-order valence-corrected chi connectivity index (χ0v) is 15.3. The van der Waals surface area contributed by atoms with Gasteiger partial charge in [0.15, 0.2) is 5.76 Å². The Morgan fingerprint density at radius 3 is 2.31 bits per heavy atom. The van der Waals surface area contributed by atoms with E-state index in [-0.39, 0.29) is 11.5 Å². The van der Waals surface area contributed by atoms with Crippen LogP contribution < -0.4 is 5.32 Å². The van der Waals surface area contributed by atoms with Crippen LogP contribution in [0, 0.1) is 6.92 Å². The van der Waals surface area contributed by atoms with Crippen LogP contribution in [0.25, 0.3) is 11.0 Å². The summed E-state index contributed by atoms with van der Waals surface area (Å²) in [6.45, 7) is 7.28. The summed E-state index contributed by atoms with van der Waals surface area (Å²) in [7, 11) is 0. The molecule has 2 aromatic carbocycles. The van der Waals surface area contributed by atoms with Crippen molar-refractivity contribution in [2.24, 2.45) is 0 Å². The Bertz CT molecular complexity index is 962. The molecular weight excluding hydrogens is 330 g/mol. The van der Waals surface area contributed by atoms with Crippen molar-refractivity contribution in [2.45, 2.75) is 33.3 Å². The van der Waals surface area contributed by atoms with E-state index in [9.17, 15) is 9.59 Å². The molecule has 5 nitrogen and oxygen atoms in total. The van der Waals surface area contributed by atoms with Gasteiger partial charge in [-0.15, -0.1) is 0 Å². The predicted octanol–water partition coefficient (Wildman–Crippen LogP) is 5.32. The van der Waals surface area contributed by atoms with Crippen molar-refractivity contribution in [3.05, 3.63) is 65.4 Å². The van der Waals surface area contributed by atoms with Crippen LogP contribution in [0.2, 0.25) is 0 Å². The number of para-hydroxylation sites is 1. The molecule has 0 aliphatic carbocycles. The highest BCUT2D eigenvalue weighted by molar-refractivity contribution is 6.16. The van der Waals surface area contributed by atoms with Gasteiger partial charge in [0.2, 0.25) is 5.78 Å². The van der Waals surface area contributed by atoms with Crippen molar-refractivity contribution in [3.8, 4) is 0 Å². The third-order valence-corrected chi connectivity index (χ3v) is 3.74. The van der Waals surface area contributed by atoms with Crippen LogP contribution >= 0.6 is 0 Å². The molecule has 0 atom stereocenters. The highest BCUT2D eigenvalue weighted by Gasteiger charge is 2.25. The van der Waals surface area contributed by atoms with Crippen LogP contribution in [0.3, 0.4) is 0 Å². The van der Waals surface area contributed by atoms with Crippen LogP contribution in [-0.2, 0) is 4.74 Å². The van der Waals surface area contributed by atoms with E-state index < -0.39 is 11.7 Å². The van der Waals surface area contributed by atoms with Gasteiger partial charge < -0.3 is 9.15 Å². The fraction of sp³-hybridized carbons (Fsp3) is 0.238. The number of aryl methyl sites for hydroxylation is 1. The smallest absolute Gasteiger partial charge is 0.412 e.